The summed E-state index contributed by atoms with van der Waals surface area (Å²) in [6.07, 6.45) is 6.34. The second-order valence-corrected chi connectivity index (χ2v) is 8.03. The summed E-state index contributed by atoms with van der Waals surface area (Å²) in [7, 11) is 0. The Kier molecular flexibility index (Phi) is 4.49. The van der Waals surface area contributed by atoms with Crippen LogP contribution in [0.4, 0.5) is 0 Å². The maximum atomic E-state index is 12.1. The van der Waals surface area contributed by atoms with Gasteiger partial charge in [-0.05, 0) is 65.0 Å². The van der Waals surface area contributed by atoms with Crippen molar-refractivity contribution in [2.45, 2.75) is 19.3 Å². The van der Waals surface area contributed by atoms with Gasteiger partial charge in [-0.1, -0.05) is 24.3 Å². The fraction of sp³-hybridized carbons (Fsp3) is 0.333. The van der Waals surface area contributed by atoms with E-state index in [1.165, 1.54) is 22.8 Å². The van der Waals surface area contributed by atoms with Gasteiger partial charge in [-0.3, -0.25) is 9.59 Å². The summed E-state index contributed by atoms with van der Waals surface area (Å²) < 4.78 is 0. The highest BCUT2D eigenvalue weighted by Crippen LogP contribution is 2.45. The number of carbonyl (C=O) groups excluding carboxylic acids is 2. The van der Waals surface area contributed by atoms with Crippen LogP contribution in [-0.2, 0) is 11.2 Å². The van der Waals surface area contributed by atoms with Gasteiger partial charge in [0, 0.05) is 24.4 Å². The van der Waals surface area contributed by atoms with Gasteiger partial charge in [-0.15, -0.1) is 0 Å². The Morgan fingerprint density at radius 2 is 2.15 bits per heavy atom. The highest BCUT2D eigenvalue weighted by Gasteiger charge is 2.31. The van der Waals surface area contributed by atoms with Crippen LogP contribution in [0.25, 0.3) is 11.1 Å². The molecule has 0 unspecified atom stereocenters. The number of allylic oxidation sites excluding steroid dienone is 1. The molecule has 2 aliphatic heterocycles. The normalized spacial score (nSPS) is 18.9. The molecule has 2 heterocycles. The number of thioether (sulfide) groups is 1. The molecule has 0 radical (unpaired) electrons. The Bertz CT molecular complexity index is 882. The Labute approximate surface area is 157 Å². The van der Waals surface area contributed by atoms with Gasteiger partial charge in [-0.2, -0.15) is 11.8 Å². The zero-order valence-electron chi connectivity index (χ0n) is 14.7. The summed E-state index contributed by atoms with van der Waals surface area (Å²) in [5.41, 5.74) is 13.7. The number of hydrogen-bond acceptors (Lipinski definition) is 3. The first-order valence-electron chi connectivity index (χ1n) is 8.95. The minimum atomic E-state index is -0.360. The predicted molar refractivity (Wildman–Crippen MR) is 107 cm³/mol. The molecular formula is C21H22N2O2S. The average Bonchev–Trinajstić information content (AvgIpc) is 3.06. The minimum absolute atomic E-state index is 0.0332. The summed E-state index contributed by atoms with van der Waals surface area (Å²) in [6.45, 7) is 4.91. The lowest BCUT2D eigenvalue weighted by Gasteiger charge is -2.28. The lowest BCUT2D eigenvalue weighted by Crippen LogP contribution is -2.34. The quantitative estimate of drug-likeness (QED) is 0.837. The van der Waals surface area contributed by atoms with Crippen LogP contribution in [0.5, 0.6) is 0 Å². The molecule has 4 nitrogen and oxygen atoms in total. The minimum Gasteiger partial charge on any atom is -0.366 e. The Morgan fingerprint density at radius 1 is 1.31 bits per heavy atom. The van der Waals surface area contributed by atoms with Gasteiger partial charge in [0.2, 0.25) is 11.8 Å². The standard InChI is InChI=1S/C21H22N2O2S/c1-2-19(24)23-8-3-4-14(11-23)15-5-6-16(21(22)25)17-10-13-7-9-26-12-18(13)20(15)17/h2,4-6H,1,3,7-12H2,(H2,22,25). The molecule has 0 bridgehead atoms. The Balaban J connectivity index is 1.81. The highest BCUT2D eigenvalue weighted by atomic mass is 32.2. The number of fused-ring (bicyclic) bond motifs is 2. The molecule has 1 aromatic carbocycles. The number of benzene rings is 1. The second kappa shape index (κ2) is 6.80. The Morgan fingerprint density at radius 3 is 2.92 bits per heavy atom. The average molecular weight is 366 g/mol. The van der Waals surface area contributed by atoms with E-state index in [2.05, 4.69) is 12.7 Å². The van der Waals surface area contributed by atoms with E-state index < -0.39 is 0 Å². The zero-order chi connectivity index (χ0) is 18.3. The molecule has 0 saturated carbocycles. The van der Waals surface area contributed by atoms with E-state index in [0.29, 0.717) is 12.1 Å². The summed E-state index contributed by atoms with van der Waals surface area (Å²) in [6, 6.07) is 3.87. The third-order valence-corrected chi connectivity index (χ3v) is 6.46. The number of nitrogens with zero attached hydrogens (tertiary/aromatic N) is 1. The summed E-state index contributed by atoms with van der Waals surface area (Å²) >= 11 is 1.94. The van der Waals surface area contributed by atoms with Gasteiger partial charge in [0.15, 0.2) is 0 Å². The van der Waals surface area contributed by atoms with Crippen molar-refractivity contribution in [3.63, 3.8) is 0 Å². The number of amides is 2. The van der Waals surface area contributed by atoms with Crippen LogP contribution in [0.1, 0.15) is 39.9 Å². The van der Waals surface area contributed by atoms with Gasteiger partial charge in [0.25, 0.3) is 0 Å². The smallest absolute Gasteiger partial charge is 0.249 e. The number of carbonyl (C=O) groups is 2. The van der Waals surface area contributed by atoms with E-state index in [4.69, 9.17) is 5.73 Å². The number of primary amides is 1. The van der Waals surface area contributed by atoms with Crippen molar-refractivity contribution in [3.05, 3.63) is 58.7 Å². The maximum absolute atomic E-state index is 12.1. The van der Waals surface area contributed by atoms with Gasteiger partial charge in [0.1, 0.15) is 0 Å². The summed E-state index contributed by atoms with van der Waals surface area (Å²) in [4.78, 5) is 25.8. The van der Waals surface area contributed by atoms with E-state index in [0.717, 1.165) is 54.0 Å². The third kappa shape index (κ3) is 2.80. The van der Waals surface area contributed by atoms with Crippen molar-refractivity contribution < 1.29 is 9.59 Å². The molecule has 134 valence electrons. The molecule has 0 saturated heterocycles. The van der Waals surface area contributed by atoms with E-state index >= 15 is 0 Å². The second-order valence-electron chi connectivity index (χ2n) is 6.92. The molecule has 4 rings (SSSR count). The predicted octanol–water partition coefficient (Wildman–Crippen LogP) is 3.03. The van der Waals surface area contributed by atoms with Crippen molar-refractivity contribution in [1.82, 2.24) is 4.90 Å². The van der Waals surface area contributed by atoms with Gasteiger partial charge >= 0.3 is 0 Å². The molecule has 2 N–H and O–H groups in total. The van der Waals surface area contributed by atoms with Crippen LogP contribution in [0, 0.1) is 0 Å². The van der Waals surface area contributed by atoms with Gasteiger partial charge in [-0.25, -0.2) is 0 Å². The Hall–Kier alpha value is -2.27. The number of hydrogen-bond donors (Lipinski definition) is 1. The van der Waals surface area contributed by atoms with Gasteiger partial charge in [0.05, 0.1) is 0 Å². The van der Waals surface area contributed by atoms with Crippen LogP contribution in [0.15, 0.2) is 36.4 Å². The lowest BCUT2D eigenvalue weighted by molar-refractivity contribution is -0.125. The van der Waals surface area contributed by atoms with E-state index in [-0.39, 0.29) is 11.8 Å². The van der Waals surface area contributed by atoms with Crippen LogP contribution in [0.2, 0.25) is 0 Å². The van der Waals surface area contributed by atoms with Gasteiger partial charge < -0.3 is 10.6 Å². The molecule has 26 heavy (non-hydrogen) atoms. The third-order valence-electron chi connectivity index (χ3n) is 5.47. The molecule has 5 heteroatoms. The van der Waals surface area contributed by atoms with E-state index in [9.17, 15) is 9.59 Å². The topological polar surface area (TPSA) is 63.4 Å². The monoisotopic (exact) mass is 366 g/mol. The molecule has 0 fully saturated rings. The molecule has 0 aromatic heterocycles. The first-order chi connectivity index (χ1) is 12.6. The molecule has 0 spiro atoms. The number of rotatable bonds is 3. The van der Waals surface area contributed by atoms with Crippen molar-refractivity contribution in [1.29, 1.82) is 0 Å². The SMILES string of the molecule is C=CC(=O)N1CCC=C(c2ccc(C(N)=O)c3c2C2=C(CCSC2)C3)C1. The van der Waals surface area contributed by atoms with Crippen LogP contribution >= 0.6 is 11.8 Å². The lowest BCUT2D eigenvalue weighted by atomic mass is 9.89. The summed E-state index contributed by atoms with van der Waals surface area (Å²) in [5, 5.41) is 0. The first kappa shape index (κ1) is 17.2. The first-order valence-corrected chi connectivity index (χ1v) is 10.1. The van der Waals surface area contributed by atoms with Crippen LogP contribution < -0.4 is 5.73 Å². The van der Waals surface area contributed by atoms with Crippen molar-refractivity contribution in [3.8, 4) is 0 Å². The van der Waals surface area contributed by atoms with E-state index in [1.54, 1.807) is 0 Å². The molecule has 1 aromatic rings. The van der Waals surface area contributed by atoms with Crippen molar-refractivity contribution in [2.24, 2.45) is 5.73 Å². The van der Waals surface area contributed by atoms with E-state index in [1.807, 2.05) is 28.8 Å². The zero-order valence-corrected chi connectivity index (χ0v) is 15.5. The highest BCUT2D eigenvalue weighted by molar-refractivity contribution is 7.99. The molecule has 2 amide bonds. The van der Waals surface area contributed by atoms with Crippen LogP contribution in [0.3, 0.4) is 0 Å². The molecule has 1 aliphatic carbocycles. The maximum Gasteiger partial charge on any atom is 0.249 e. The molecular weight excluding hydrogens is 344 g/mol. The fourth-order valence-corrected chi connectivity index (χ4v) is 5.30. The summed E-state index contributed by atoms with van der Waals surface area (Å²) in [5.74, 6) is 1.73. The number of nitrogens with two attached hydrogens (primary N) is 1. The van der Waals surface area contributed by atoms with Crippen molar-refractivity contribution in [2.75, 3.05) is 24.6 Å². The largest absolute Gasteiger partial charge is 0.366 e. The van der Waals surface area contributed by atoms with Crippen LogP contribution in [-0.4, -0.2) is 41.3 Å². The molecule has 0 atom stereocenters. The van der Waals surface area contributed by atoms with Crippen molar-refractivity contribution >= 4 is 34.7 Å². The molecule has 3 aliphatic rings. The fourth-order valence-electron chi connectivity index (χ4n) is 4.21.